The van der Waals surface area contributed by atoms with Gasteiger partial charge in [-0.3, -0.25) is 4.79 Å². The van der Waals surface area contributed by atoms with Crippen molar-refractivity contribution in [2.75, 3.05) is 26.2 Å². The predicted molar refractivity (Wildman–Crippen MR) is 58.6 cm³/mol. The summed E-state index contributed by atoms with van der Waals surface area (Å²) in [7, 11) is 0. The number of carbonyl (C=O) groups excluding carboxylic acids is 1. The van der Waals surface area contributed by atoms with Crippen LogP contribution in [0.3, 0.4) is 0 Å². The van der Waals surface area contributed by atoms with E-state index in [4.69, 9.17) is 0 Å². The zero-order valence-electron chi connectivity index (χ0n) is 8.72. The van der Waals surface area contributed by atoms with Crippen molar-refractivity contribution >= 4 is 5.91 Å². The second-order valence-electron chi connectivity index (χ2n) is 3.71. The first-order chi connectivity index (χ1) is 7.36. The highest BCUT2D eigenvalue weighted by atomic mass is 16.2. The molecule has 79 valence electrons. The lowest BCUT2D eigenvalue weighted by Gasteiger charge is -2.26. The second kappa shape index (κ2) is 4.94. The van der Waals surface area contributed by atoms with Crippen LogP contribution in [0.5, 0.6) is 0 Å². The molecular formula is C12H15N2O. The molecule has 1 saturated heterocycles. The van der Waals surface area contributed by atoms with E-state index in [1.165, 1.54) is 0 Å². The van der Waals surface area contributed by atoms with Crippen LogP contribution in [0.15, 0.2) is 30.3 Å². The Hall–Kier alpha value is -1.35. The molecule has 3 nitrogen and oxygen atoms in total. The molecule has 0 aliphatic carbocycles. The van der Waals surface area contributed by atoms with Gasteiger partial charge in [0.2, 0.25) is 5.91 Å². The third-order valence-corrected chi connectivity index (χ3v) is 2.61. The Balaban J connectivity index is 1.91. The second-order valence-corrected chi connectivity index (χ2v) is 3.71. The first-order valence-electron chi connectivity index (χ1n) is 5.31. The Morgan fingerprint density at radius 3 is 2.53 bits per heavy atom. The number of benzene rings is 1. The molecule has 1 aliphatic heterocycles. The molecule has 15 heavy (non-hydrogen) atoms. The van der Waals surface area contributed by atoms with Crippen molar-refractivity contribution in [2.45, 2.75) is 6.42 Å². The highest BCUT2D eigenvalue weighted by Crippen LogP contribution is 2.03. The van der Waals surface area contributed by atoms with Gasteiger partial charge in [0.15, 0.2) is 0 Å². The molecule has 2 rings (SSSR count). The summed E-state index contributed by atoms with van der Waals surface area (Å²) in [6, 6.07) is 9.88. The van der Waals surface area contributed by atoms with E-state index >= 15 is 0 Å². The minimum absolute atomic E-state index is 0.219. The molecule has 1 amide bonds. The van der Waals surface area contributed by atoms with Gasteiger partial charge in [-0.2, -0.15) is 0 Å². The van der Waals surface area contributed by atoms with Gasteiger partial charge < -0.3 is 4.90 Å². The van der Waals surface area contributed by atoms with Crippen LogP contribution < -0.4 is 5.32 Å². The Bertz CT molecular complexity index is 318. The average Bonchev–Trinajstić information content (AvgIpc) is 2.31. The van der Waals surface area contributed by atoms with Gasteiger partial charge in [-0.15, -0.1) is 0 Å². The van der Waals surface area contributed by atoms with Crippen LogP contribution in [0.25, 0.3) is 0 Å². The molecule has 0 aromatic heterocycles. The number of rotatable bonds is 2. The van der Waals surface area contributed by atoms with Crippen LogP contribution in [0.4, 0.5) is 0 Å². The molecule has 1 aromatic rings. The van der Waals surface area contributed by atoms with E-state index in [9.17, 15) is 4.79 Å². The summed E-state index contributed by atoms with van der Waals surface area (Å²) in [6.45, 7) is 3.15. The molecule has 0 bridgehead atoms. The Labute approximate surface area is 90.1 Å². The van der Waals surface area contributed by atoms with Gasteiger partial charge in [0.1, 0.15) is 0 Å². The SMILES string of the molecule is O=C(Cc1ccccc1)N1CC[N]CC1. The van der Waals surface area contributed by atoms with E-state index in [0.29, 0.717) is 6.42 Å². The Morgan fingerprint density at radius 1 is 1.20 bits per heavy atom. The summed E-state index contributed by atoms with van der Waals surface area (Å²) in [4.78, 5) is 13.8. The van der Waals surface area contributed by atoms with Crippen molar-refractivity contribution in [1.29, 1.82) is 0 Å². The van der Waals surface area contributed by atoms with Crippen molar-refractivity contribution in [2.24, 2.45) is 0 Å². The number of hydrogen-bond donors (Lipinski definition) is 0. The van der Waals surface area contributed by atoms with E-state index in [1.807, 2.05) is 35.2 Å². The zero-order chi connectivity index (χ0) is 10.5. The fraction of sp³-hybridized carbons (Fsp3) is 0.417. The van der Waals surface area contributed by atoms with Gasteiger partial charge in [0, 0.05) is 26.2 Å². The molecule has 0 unspecified atom stereocenters. The molecule has 1 fully saturated rings. The molecule has 1 radical (unpaired) electrons. The van der Waals surface area contributed by atoms with Crippen LogP contribution in [-0.2, 0) is 11.2 Å². The van der Waals surface area contributed by atoms with Crippen molar-refractivity contribution in [3.63, 3.8) is 0 Å². The quantitative estimate of drug-likeness (QED) is 0.696. The van der Waals surface area contributed by atoms with Gasteiger partial charge in [-0.25, -0.2) is 5.32 Å². The number of carbonyl (C=O) groups is 1. The smallest absolute Gasteiger partial charge is 0.227 e. The van der Waals surface area contributed by atoms with Crippen LogP contribution >= 0.6 is 0 Å². The summed E-state index contributed by atoms with van der Waals surface area (Å²) in [5, 5.41) is 4.22. The standard InChI is InChI=1S/C12H15N2O/c15-12(14-8-6-13-7-9-14)10-11-4-2-1-3-5-11/h1-5H,6-10H2. The van der Waals surface area contributed by atoms with Crippen LogP contribution in [0, 0.1) is 0 Å². The fourth-order valence-electron chi connectivity index (χ4n) is 1.74. The molecular weight excluding hydrogens is 188 g/mol. The highest BCUT2D eigenvalue weighted by Gasteiger charge is 2.16. The lowest BCUT2D eigenvalue weighted by atomic mass is 10.1. The van der Waals surface area contributed by atoms with Crippen molar-refractivity contribution in [1.82, 2.24) is 10.2 Å². The molecule has 0 saturated carbocycles. The van der Waals surface area contributed by atoms with E-state index < -0.39 is 0 Å². The molecule has 1 aromatic carbocycles. The molecule has 3 heteroatoms. The topological polar surface area (TPSA) is 34.4 Å². The number of nitrogens with zero attached hydrogens (tertiary/aromatic N) is 2. The average molecular weight is 203 g/mol. The van der Waals surface area contributed by atoms with Gasteiger partial charge in [0.25, 0.3) is 0 Å². The third kappa shape index (κ3) is 2.80. The maximum Gasteiger partial charge on any atom is 0.227 e. The molecule has 0 spiro atoms. The van der Waals surface area contributed by atoms with Gasteiger partial charge >= 0.3 is 0 Å². The van der Waals surface area contributed by atoms with E-state index in [1.54, 1.807) is 0 Å². The monoisotopic (exact) mass is 203 g/mol. The van der Waals surface area contributed by atoms with Crippen LogP contribution in [-0.4, -0.2) is 37.0 Å². The zero-order valence-corrected chi connectivity index (χ0v) is 8.72. The van der Waals surface area contributed by atoms with Crippen molar-refractivity contribution in [3.8, 4) is 0 Å². The summed E-state index contributed by atoms with van der Waals surface area (Å²) in [6.07, 6.45) is 0.515. The number of amides is 1. The van der Waals surface area contributed by atoms with Gasteiger partial charge in [-0.1, -0.05) is 30.3 Å². The first kappa shape index (κ1) is 10.2. The summed E-state index contributed by atoms with van der Waals surface area (Å²) >= 11 is 0. The summed E-state index contributed by atoms with van der Waals surface area (Å²) in [5.74, 6) is 0.219. The third-order valence-electron chi connectivity index (χ3n) is 2.61. The molecule has 1 heterocycles. The number of hydrogen-bond acceptors (Lipinski definition) is 1. The Kier molecular flexibility index (Phi) is 3.35. The minimum Gasteiger partial charge on any atom is -0.340 e. The van der Waals surface area contributed by atoms with Crippen molar-refractivity contribution in [3.05, 3.63) is 35.9 Å². The van der Waals surface area contributed by atoms with Crippen molar-refractivity contribution < 1.29 is 4.79 Å². The molecule has 0 N–H and O–H groups in total. The van der Waals surface area contributed by atoms with Crippen LogP contribution in [0.1, 0.15) is 5.56 Å². The normalized spacial score (nSPS) is 16.4. The number of piperazine rings is 1. The minimum atomic E-state index is 0.219. The lowest BCUT2D eigenvalue weighted by molar-refractivity contribution is -0.131. The van der Waals surface area contributed by atoms with Gasteiger partial charge in [0.05, 0.1) is 6.42 Å². The van der Waals surface area contributed by atoms with E-state index in [-0.39, 0.29) is 5.91 Å². The Morgan fingerprint density at radius 2 is 1.87 bits per heavy atom. The summed E-state index contributed by atoms with van der Waals surface area (Å²) in [5.41, 5.74) is 1.09. The molecule has 0 atom stereocenters. The maximum absolute atomic E-state index is 11.9. The van der Waals surface area contributed by atoms with E-state index in [2.05, 4.69) is 5.32 Å². The fourth-order valence-corrected chi connectivity index (χ4v) is 1.74. The van der Waals surface area contributed by atoms with Crippen LogP contribution in [0.2, 0.25) is 0 Å². The maximum atomic E-state index is 11.9. The first-order valence-corrected chi connectivity index (χ1v) is 5.31. The lowest BCUT2D eigenvalue weighted by Crippen LogP contribution is -2.44. The summed E-state index contributed by atoms with van der Waals surface area (Å²) < 4.78 is 0. The predicted octanol–water partition coefficient (Wildman–Crippen LogP) is 0.676. The highest BCUT2D eigenvalue weighted by molar-refractivity contribution is 5.78. The van der Waals surface area contributed by atoms with Gasteiger partial charge in [-0.05, 0) is 5.56 Å². The largest absolute Gasteiger partial charge is 0.340 e. The van der Waals surface area contributed by atoms with E-state index in [0.717, 1.165) is 31.7 Å². The molecule has 1 aliphatic rings.